The Kier molecular flexibility index (Phi) is 3.82. The van der Waals surface area contributed by atoms with E-state index >= 15 is 0 Å². The number of carbonyl (C=O) groups excluding carboxylic acids is 1. The second kappa shape index (κ2) is 5.12. The van der Waals surface area contributed by atoms with Crippen LogP contribution in [0.4, 0.5) is 4.79 Å². The van der Waals surface area contributed by atoms with Crippen molar-refractivity contribution < 1.29 is 9.53 Å². The van der Waals surface area contributed by atoms with E-state index in [0.29, 0.717) is 6.42 Å². The van der Waals surface area contributed by atoms with Crippen molar-refractivity contribution in [3.05, 3.63) is 12.7 Å². The first-order valence-corrected chi connectivity index (χ1v) is 7.32. The average Bonchev–Trinajstić information content (AvgIpc) is 2.61. The van der Waals surface area contributed by atoms with Crippen LogP contribution in [0.1, 0.15) is 52.9 Å². The van der Waals surface area contributed by atoms with Gasteiger partial charge in [0, 0.05) is 23.9 Å². The first-order valence-electron chi connectivity index (χ1n) is 7.32. The number of rotatable bonds is 2. The van der Waals surface area contributed by atoms with Gasteiger partial charge >= 0.3 is 6.09 Å². The lowest BCUT2D eigenvalue weighted by Gasteiger charge is -2.44. The molecule has 4 nitrogen and oxygen atoms in total. The summed E-state index contributed by atoms with van der Waals surface area (Å²) < 4.78 is 5.52. The summed E-state index contributed by atoms with van der Waals surface area (Å²) in [5.74, 6) is 0. The van der Waals surface area contributed by atoms with Crippen LogP contribution in [0.15, 0.2) is 12.7 Å². The highest BCUT2D eigenvalue weighted by atomic mass is 16.6. The molecule has 0 aromatic rings. The third-order valence-corrected chi connectivity index (χ3v) is 4.37. The summed E-state index contributed by atoms with van der Waals surface area (Å²) in [7, 11) is 0. The highest BCUT2D eigenvalue weighted by molar-refractivity contribution is 5.69. The Bertz CT molecular complexity index is 430. The lowest BCUT2D eigenvalue weighted by atomic mass is 9.73. The number of piperidine rings is 1. The average molecular weight is 276 g/mol. The normalized spacial score (nSPS) is 32.6. The Morgan fingerprint density at radius 2 is 2.00 bits per heavy atom. The number of ether oxygens (including phenoxy) is 1. The van der Waals surface area contributed by atoms with Gasteiger partial charge in [0.05, 0.1) is 6.07 Å². The van der Waals surface area contributed by atoms with Crippen molar-refractivity contribution in [3.8, 4) is 6.07 Å². The molecule has 0 spiro atoms. The van der Waals surface area contributed by atoms with E-state index in [1.165, 1.54) is 0 Å². The molecule has 1 amide bonds. The van der Waals surface area contributed by atoms with Crippen LogP contribution in [0.25, 0.3) is 0 Å². The zero-order chi connectivity index (χ0) is 15.0. The minimum Gasteiger partial charge on any atom is -0.444 e. The Morgan fingerprint density at radius 1 is 1.45 bits per heavy atom. The van der Waals surface area contributed by atoms with Gasteiger partial charge in [-0.25, -0.2) is 4.79 Å². The van der Waals surface area contributed by atoms with Gasteiger partial charge in [-0.3, -0.25) is 0 Å². The smallest absolute Gasteiger partial charge is 0.410 e. The van der Waals surface area contributed by atoms with Crippen molar-refractivity contribution in [2.75, 3.05) is 0 Å². The number of nitrogens with zero attached hydrogens (tertiary/aromatic N) is 2. The van der Waals surface area contributed by atoms with Gasteiger partial charge in [0.25, 0.3) is 0 Å². The molecular formula is C16H24N2O2. The van der Waals surface area contributed by atoms with E-state index < -0.39 is 5.60 Å². The Hall–Kier alpha value is -1.50. The molecule has 20 heavy (non-hydrogen) atoms. The third-order valence-electron chi connectivity index (χ3n) is 4.37. The molecule has 0 saturated carbocycles. The van der Waals surface area contributed by atoms with Gasteiger partial charge in [0.1, 0.15) is 5.60 Å². The van der Waals surface area contributed by atoms with Crippen LogP contribution in [-0.2, 0) is 4.74 Å². The first kappa shape index (κ1) is 14.9. The Balaban J connectivity index is 2.13. The van der Waals surface area contributed by atoms with E-state index in [1.807, 2.05) is 31.7 Å². The predicted octanol–water partition coefficient (Wildman–Crippen LogP) is 3.63. The van der Waals surface area contributed by atoms with Gasteiger partial charge in [-0.2, -0.15) is 5.26 Å². The van der Waals surface area contributed by atoms with Crippen LogP contribution in [-0.4, -0.2) is 28.7 Å². The molecule has 0 aromatic heterocycles. The molecule has 0 radical (unpaired) electrons. The molecule has 2 heterocycles. The summed E-state index contributed by atoms with van der Waals surface area (Å²) in [6.07, 6.45) is 5.88. The highest BCUT2D eigenvalue weighted by Crippen LogP contribution is 2.48. The van der Waals surface area contributed by atoms with Crippen LogP contribution in [0.5, 0.6) is 0 Å². The summed E-state index contributed by atoms with van der Waals surface area (Å²) in [6.45, 7) is 9.58. The number of nitriles is 1. The van der Waals surface area contributed by atoms with Gasteiger partial charge in [-0.1, -0.05) is 6.08 Å². The maximum atomic E-state index is 12.3. The fraction of sp³-hybridized carbons (Fsp3) is 0.750. The van der Waals surface area contributed by atoms with E-state index in [-0.39, 0.29) is 23.6 Å². The zero-order valence-corrected chi connectivity index (χ0v) is 12.7. The fourth-order valence-electron chi connectivity index (χ4n) is 3.54. The van der Waals surface area contributed by atoms with Crippen LogP contribution in [0.2, 0.25) is 0 Å². The number of allylic oxidation sites excluding steroid dienone is 1. The molecule has 110 valence electrons. The molecule has 0 N–H and O–H groups in total. The molecule has 4 heteroatoms. The van der Waals surface area contributed by atoms with Crippen LogP contribution < -0.4 is 0 Å². The van der Waals surface area contributed by atoms with Crippen molar-refractivity contribution >= 4 is 6.09 Å². The number of amides is 1. The molecule has 2 unspecified atom stereocenters. The minimum atomic E-state index is -0.462. The molecule has 2 saturated heterocycles. The summed E-state index contributed by atoms with van der Waals surface area (Å²) in [5.41, 5.74) is -0.588. The van der Waals surface area contributed by atoms with Crippen LogP contribution >= 0.6 is 0 Å². The number of hydrogen-bond acceptors (Lipinski definition) is 3. The molecule has 2 fully saturated rings. The van der Waals surface area contributed by atoms with Crippen molar-refractivity contribution in [3.63, 3.8) is 0 Å². The van der Waals surface area contributed by atoms with E-state index in [2.05, 4.69) is 12.6 Å². The molecule has 2 aliphatic rings. The van der Waals surface area contributed by atoms with Gasteiger partial charge in [0.2, 0.25) is 0 Å². The van der Waals surface area contributed by atoms with Crippen molar-refractivity contribution in [2.45, 2.75) is 70.6 Å². The Labute approximate surface area is 121 Å². The topological polar surface area (TPSA) is 53.3 Å². The molecule has 2 aliphatic heterocycles. The monoisotopic (exact) mass is 276 g/mol. The van der Waals surface area contributed by atoms with Crippen molar-refractivity contribution in [2.24, 2.45) is 5.41 Å². The second-order valence-corrected chi connectivity index (χ2v) is 7.08. The lowest BCUT2D eigenvalue weighted by Crippen LogP contribution is -2.51. The molecule has 0 aromatic carbocycles. The number of fused-ring (bicyclic) bond motifs is 2. The van der Waals surface area contributed by atoms with Crippen LogP contribution in [0, 0.1) is 16.7 Å². The molecule has 0 aliphatic carbocycles. The molecular weight excluding hydrogens is 252 g/mol. The summed E-state index contributed by atoms with van der Waals surface area (Å²) in [5, 5.41) is 9.03. The van der Waals surface area contributed by atoms with Gasteiger partial charge < -0.3 is 9.64 Å². The standard InChI is InChI=1S/C16H24N2O2/c1-5-16(8-9-17)10-12-6-7-13(11-16)18(12)14(19)20-15(2,3)4/h5,12-13H,1,6-8,10-11H2,2-4H3. The SMILES string of the molecule is C=CC1(CC#N)CC2CCC(C1)N2C(=O)OC(C)(C)C. The molecule has 2 bridgehead atoms. The first-order chi connectivity index (χ1) is 9.30. The summed E-state index contributed by atoms with van der Waals surface area (Å²) in [6, 6.07) is 2.65. The van der Waals surface area contributed by atoms with E-state index in [4.69, 9.17) is 10.00 Å². The third kappa shape index (κ3) is 2.82. The van der Waals surface area contributed by atoms with E-state index in [9.17, 15) is 4.79 Å². The maximum Gasteiger partial charge on any atom is 0.410 e. The number of hydrogen-bond donors (Lipinski definition) is 0. The fourth-order valence-corrected chi connectivity index (χ4v) is 3.54. The zero-order valence-electron chi connectivity index (χ0n) is 12.7. The van der Waals surface area contributed by atoms with Gasteiger partial charge in [0.15, 0.2) is 0 Å². The van der Waals surface area contributed by atoms with Gasteiger partial charge in [-0.15, -0.1) is 6.58 Å². The largest absolute Gasteiger partial charge is 0.444 e. The Morgan fingerprint density at radius 3 is 2.40 bits per heavy atom. The predicted molar refractivity (Wildman–Crippen MR) is 77.0 cm³/mol. The molecule has 2 rings (SSSR count). The van der Waals surface area contributed by atoms with Crippen molar-refractivity contribution in [1.29, 1.82) is 5.26 Å². The number of carbonyl (C=O) groups is 1. The highest BCUT2D eigenvalue weighted by Gasteiger charge is 2.49. The van der Waals surface area contributed by atoms with Gasteiger partial charge in [-0.05, 0) is 46.5 Å². The summed E-state index contributed by atoms with van der Waals surface area (Å²) in [4.78, 5) is 14.3. The lowest BCUT2D eigenvalue weighted by molar-refractivity contribution is -0.00449. The van der Waals surface area contributed by atoms with E-state index in [0.717, 1.165) is 25.7 Å². The minimum absolute atomic E-state index is 0.126. The molecule has 2 atom stereocenters. The van der Waals surface area contributed by atoms with Crippen molar-refractivity contribution in [1.82, 2.24) is 4.90 Å². The van der Waals surface area contributed by atoms with Crippen LogP contribution in [0.3, 0.4) is 0 Å². The maximum absolute atomic E-state index is 12.3. The quantitative estimate of drug-likeness (QED) is 0.724. The van der Waals surface area contributed by atoms with E-state index in [1.54, 1.807) is 0 Å². The summed E-state index contributed by atoms with van der Waals surface area (Å²) >= 11 is 0. The second-order valence-electron chi connectivity index (χ2n) is 7.08.